The van der Waals surface area contributed by atoms with Crippen molar-refractivity contribution in [3.63, 3.8) is 0 Å². The first kappa shape index (κ1) is 21.1. The molecule has 0 fully saturated rings. The molecule has 0 atom stereocenters. The minimum absolute atomic E-state index is 0.0901. The van der Waals surface area contributed by atoms with Crippen LogP contribution in [-0.4, -0.2) is 23.2 Å². The molecule has 9 heteroatoms. The normalized spacial score (nSPS) is 19.0. The third kappa shape index (κ3) is 3.21. The van der Waals surface area contributed by atoms with Crippen LogP contribution in [0.4, 0.5) is 11.4 Å². The molecule has 0 bridgehead atoms. The van der Waals surface area contributed by atoms with Gasteiger partial charge < -0.3 is 4.90 Å². The molecule has 0 saturated heterocycles. The highest BCUT2D eigenvalue weighted by molar-refractivity contribution is 8.08. The number of rotatable bonds is 2. The maximum absolute atomic E-state index is 13.4. The van der Waals surface area contributed by atoms with Gasteiger partial charge in [0.25, 0.3) is 11.5 Å². The summed E-state index contributed by atoms with van der Waals surface area (Å²) in [5, 5.41) is 7.31. The molecule has 2 aliphatic rings. The fraction of sp³-hybridized carbons (Fsp3) is 0.174. The Balaban J connectivity index is 1.71. The molecule has 0 N–H and O–H groups in total. The topological polar surface area (TPSA) is 57.9 Å². The second kappa shape index (κ2) is 7.95. The molecule has 0 radical (unpaired) electrons. The Hall–Kier alpha value is -2.81. The van der Waals surface area contributed by atoms with Gasteiger partial charge in [-0.2, -0.15) is 10.1 Å². The van der Waals surface area contributed by atoms with Crippen LogP contribution in [0.2, 0.25) is 5.02 Å². The van der Waals surface area contributed by atoms with Crippen molar-refractivity contribution in [1.82, 2.24) is 4.57 Å². The average molecular weight is 483 g/mol. The van der Waals surface area contributed by atoms with Gasteiger partial charge in [0.15, 0.2) is 0 Å². The van der Waals surface area contributed by atoms with Gasteiger partial charge in [0, 0.05) is 23.5 Å². The Labute approximate surface area is 197 Å². The predicted octanol–water partition coefficient (Wildman–Crippen LogP) is 3.46. The number of hydrazone groups is 1. The molecule has 1 amide bonds. The summed E-state index contributed by atoms with van der Waals surface area (Å²) in [5.41, 5.74) is 2.65. The van der Waals surface area contributed by atoms with Gasteiger partial charge in [0.05, 0.1) is 22.7 Å². The largest absolute Gasteiger partial charge is 0.337 e. The summed E-state index contributed by atoms with van der Waals surface area (Å²) in [6.07, 6.45) is 0. The minimum atomic E-state index is -0.250. The van der Waals surface area contributed by atoms with Gasteiger partial charge in [-0.15, -0.1) is 11.3 Å². The maximum Gasteiger partial charge on any atom is 0.283 e. The Bertz CT molecular complexity index is 1470. The van der Waals surface area contributed by atoms with Crippen LogP contribution < -0.4 is 24.7 Å². The van der Waals surface area contributed by atoms with E-state index in [-0.39, 0.29) is 11.5 Å². The number of thiazole rings is 1. The third-order valence-corrected chi connectivity index (χ3v) is 8.24. The van der Waals surface area contributed by atoms with Crippen molar-refractivity contribution >= 4 is 68.3 Å². The standard InChI is InChI=1S/C23H19ClN4O2S2/c1-4-27-21(30)19(23-26(3)16-7-5-6-8-17(16)31-23)32-22(27)18-13(2)25-28(20(18)29)15-11-9-14(24)10-12-15/h5-12H,4H2,1-3H3/b22-18?,23-19-. The number of carbonyl (C=O) groups excluding carboxylic acids is 1. The molecule has 0 unspecified atom stereocenters. The van der Waals surface area contributed by atoms with E-state index in [1.54, 1.807) is 47.5 Å². The van der Waals surface area contributed by atoms with E-state index in [4.69, 9.17) is 11.6 Å². The van der Waals surface area contributed by atoms with Crippen LogP contribution in [0.25, 0.3) is 10.6 Å². The van der Waals surface area contributed by atoms with Crippen molar-refractivity contribution in [2.75, 3.05) is 17.0 Å². The smallest absolute Gasteiger partial charge is 0.283 e. The van der Waals surface area contributed by atoms with E-state index in [0.717, 1.165) is 15.6 Å². The summed E-state index contributed by atoms with van der Waals surface area (Å²) in [4.78, 5) is 29.9. The number of para-hydroxylation sites is 1. The molecule has 0 aliphatic carbocycles. The van der Waals surface area contributed by atoms with Crippen LogP contribution in [0.3, 0.4) is 0 Å². The van der Waals surface area contributed by atoms with Gasteiger partial charge in [0.2, 0.25) is 0 Å². The predicted molar refractivity (Wildman–Crippen MR) is 133 cm³/mol. The van der Waals surface area contributed by atoms with E-state index >= 15 is 0 Å². The second-order valence-electron chi connectivity index (χ2n) is 7.37. The number of halogens is 1. The molecule has 2 aliphatic heterocycles. The maximum atomic E-state index is 13.4. The highest BCUT2D eigenvalue weighted by Crippen LogP contribution is 2.44. The van der Waals surface area contributed by atoms with E-state index in [1.165, 1.54) is 16.3 Å². The van der Waals surface area contributed by atoms with Gasteiger partial charge >= 0.3 is 0 Å². The van der Waals surface area contributed by atoms with Crippen LogP contribution in [0.15, 0.2) is 63.3 Å². The highest BCUT2D eigenvalue weighted by atomic mass is 35.5. The molecule has 5 rings (SSSR count). The number of benzene rings is 2. The number of amides is 1. The average Bonchev–Trinajstić information content (AvgIpc) is 3.39. The van der Waals surface area contributed by atoms with E-state index in [0.29, 0.717) is 37.7 Å². The molecule has 0 spiro atoms. The van der Waals surface area contributed by atoms with Gasteiger partial charge in [-0.05, 0) is 50.2 Å². The van der Waals surface area contributed by atoms with Crippen LogP contribution in [0, 0.1) is 0 Å². The summed E-state index contributed by atoms with van der Waals surface area (Å²) < 4.78 is 2.93. The fourth-order valence-electron chi connectivity index (χ4n) is 3.83. The monoisotopic (exact) mass is 482 g/mol. The first-order chi connectivity index (χ1) is 15.4. The lowest BCUT2D eigenvalue weighted by Gasteiger charge is -2.11. The number of hydrogen-bond donors (Lipinski definition) is 0. The molecular weight excluding hydrogens is 464 g/mol. The van der Waals surface area contributed by atoms with E-state index in [1.807, 2.05) is 43.1 Å². The van der Waals surface area contributed by atoms with E-state index in [9.17, 15) is 9.59 Å². The Morgan fingerprint density at radius 3 is 2.47 bits per heavy atom. The molecule has 3 heterocycles. The van der Waals surface area contributed by atoms with Gasteiger partial charge in [-0.3, -0.25) is 14.2 Å². The Kier molecular flexibility index (Phi) is 5.23. The van der Waals surface area contributed by atoms with Gasteiger partial charge in [0.1, 0.15) is 14.2 Å². The SMILES string of the molecule is CCn1c(=C2C(=O)N(c3ccc(Cl)cc3)N=C2C)s/c(=C2\Sc3ccccc3N2C)c1=O. The molecular formula is C23H19ClN4O2S2. The van der Waals surface area contributed by atoms with Crippen molar-refractivity contribution in [1.29, 1.82) is 0 Å². The molecule has 1 aromatic heterocycles. The summed E-state index contributed by atoms with van der Waals surface area (Å²) in [6.45, 7) is 4.17. The Morgan fingerprint density at radius 1 is 1.06 bits per heavy atom. The summed E-state index contributed by atoms with van der Waals surface area (Å²) in [7, 11) is 1.96. The van der Waals surface area contributed by atoms with Crippen molar-refractivity contribution in [2.45, 2.75) is 25.3 Å². The number of thioether (sulfide) groups is 1. The van der Waals surface area contributed by atoms with Crippen molar-refractivity contribution in [3.8, 4) is 0 Å². The zero-order valence-electron chi connectivity index (χ0n) is 17.6. The molecule has 6 nitrogen and oxygen atoms in total. The number of carbonyl (C=O) groups is 1. The van der Waals surface area contributed by atoms with Gasteiger partial charge in [-0.1, -0.05) is 35.5 Å². The lowest BCUT2D eigenvalue weighted by atomic mass is 10.2. The molecule has 2 aromatic carbocycles. The summed E-state index contributed by atoms with van der Waals surface area (Å²) in [5.74, 6) is -0.250. The zero-order chi connectivity index (χ0) is 22.6. The first-order valence-corrected chi connectivity index (χ1v) is 12.1. The summed E-state index contributed by atoms with van der Waals surface area (Å²) in [6, 6.07) is 15.0. The van der Waals surface area contributed by atoms with E-state index in [2.05, 4.69) is 5.10 Å². The zero-order valence-corrected chi connectivity index (χ0v) is 20.0. The van der Waals surface area contributed by atoms with Crippen molar-refractivity contribution in [3.05, 3.63) is 73.1 Å². The third-order valence-electron chi connectivity index (χ3n) is 5.43. The van der Waals surface area contributed by atoms with Crippen LogP contribution in [0.5, 0.6) is 0 Å². The lowest BCUT2D eigenvalue weighted by Crippen LogP contribution is -2.35. The minimum Gasteiger partial charge on any atom is -0.337 e. The number of aromatic nitrogens is 1. The first-order valence-electron chi connectivity index (χ1n) is 10.0. The molecule has 0 saturated carbocycles. The number of nitrogens with zero attached hydrogens (tertiary/aromatic N) is 4. The lowest BCUT2D eigenvalue weighted by molar-refractivity contribution is -0.112. The number of hydrogen-bond acceptors (Lipinski definition) is 6. The van der Waals surface area contributed by atoms with Crippen LogP contribution >= 0.6 is 34.7 Å². The number of anilines is 2. The quantitative estimate of drug-likeness (QED) is 0.561. The second-order valence-corrected chi connectivity index (χ2v) is 9.84. The van der Waals surface area contributed by atoms with Crippen LogP contribution in [0.1, 0.15) is 13.8 Å². The highest BCUT2D eigenvalue weighted by Gasteiger charge is 2.32. The molecule has 3 aromatic rings. The fourth-order valence-corrected chi connectivity index (χ4v) is 6.56. The van der Waals surface area contributed by atoms with Crippen LogP contribution in [-0.2, 0) is 11.3 Å². The van der Waals surface area contributed by atoms with E-state index < -0.39 is 0 Å². The molecule has 32 heavy (non-hydrogen) atoms. The van der Waals surface area contributed by atoms with Gasteiger partial charge in [-0.25, -0.2) is 0 Å². The Morgan fingerprint density at radius 2 is 1.78 bits per heavy atom. The van der Waals surface area contributed by atoms with Crippen molar-refractivity contribution < 1.29 is 4.79 Å². The molecule has 162 valence electrons. The van der Waals surface area contributed by atoms with Crippen molar-refractivity contribution in [2.24, 2.45) is 5.10 Å². The number of fused-ring (bicyclic) bond motifs is 1. The summed E-state index contributed by atoms with van der Waals surface area (Å²) >= 11 is 8.92.